The van der Waals surface area contributed by atoms with Crippen LogP contribution in [0, 0.1) is 17.3 Å². The molecule has 4 heteroatoms. The zero-order valence-corrected chi connectivity index (χ0v) is 14.6. The first-order chi connectivity index (χ1) is 9.56. The largest absolute Gasteiger partial charge is 0.463 e. The topological polar surface area (TPSA) is 55.4 Å². The van der Waals surface area contributed by atoms with Crippen LogP contribution in [0.1, 0.15) is 54.9 Å². The maximum absolute atomic E-state index is 11.9. The summed E-state index contributed by atoms with van der Waals surface area (Å²) in [6.07, 6.45) is 2.40. The highest BCUT2D eigenvalue weighted by Gasteiger charge is 2.18. The highest BCUT2D eigenvalue weighted by molar-refractivity contribution is 5.87. The second-order valence-electron chi connectivity index (χ2n) is 7.02. The van der Waals surface area contributed by atoms with Crippen LogP contribution >= 0.6 is 0 Å². The quantitative estimate of drug-likeness (QED) is 0.579. The Morgan fingerprint density at radius 1 is 1.24 bits per heavy atom. The fraction of sp³-hybridized carbons (Fsp3) is 0.765. The van der Waals surface area contributed by atoms with Gasteiger partial charge in [0.05, 0.1) is 6.61 Å². The van der Waals surface area contributed by atoms with E-state index in [1.54, 1.807) is 13.8 Å². The van der Waals surface area contributed by atoms with Crippen molar-refractivity contribution in [1.82, 2.24) is 5.32 Å². The first-order valence-electron chi connectivity index (χ1n) is 7.69. The van der Waals surface area contributed by atoms with E-state index in [4.69, 9.17) is 4.74 Å². The lowest BCUT2D eigenvalue weighted by Crippen LogP contribution is -2.33. The van der Waals surface area contributed by atoms with Crippen molar-refractivity contribution in [2.75, 3.05) is 13.2 Å². The Hall–Kier alpha value is -1.32. The van der Waals surface area contributed by atoms with Crippen LogP contribution in [-0.4, -0.2) is 25.0 Å². The summed E-state index contributed by atoms with van der Waals surface area (Å²) in [4.78, 5) is 23.5. The van der Waals surface area contributed by atoms with Gasteiger partial charge in [0.15, 0.2) is 0 Å². The Balaban J connectivity index is 4.61. The van der Waals surface area contributed by atoms with Gasteiger partial charge in [-0.25, -0.2) is 4.79 Å². The minimum absolute atomic E-state index is 0.0197. The van der Waals surface area contributed by atoms with E-state index < -0.39 is 0 Å². The normalized spacial score (nSPS) is 14.0. The highest BCUT2D eigenvalue weighted by Crippen LogP contribution is 2.19. The van der Waals surface area contributed by atoms with E-state index in [9.17, 15) is 9.59 Å². The summed E-state index contributed by atoms with van der Waals surface area (Å²) in [7, 11) is 0. The number of amides is 1. The summed E-state index contributed by atoms with van der Waals surface area (Å²) in [6, 6.07) is 0. The summed E-state index contributed by atoms with van der Waals surface area (Å²) >= 11 is 0. The first kappa shape index (κ1) is 19.7. The van der Waals surface area contributed by atoms with Gasteiger partial charge < -0.3 is 10.1 Å². The van der Waals surface area contributed by atoms with Crippen LogP contribution in [0.4, 0.5) is 0 Å². The average molecular weight is 297 g/mol. The second kappa shape index (κ2) is 8.85. The predicted molar refractivity (Wildman–Crippen MR) is 85.8 cm³/mol. The highest BCUT2D eigenvalue weighted by atomic mass is 16.5. The van der Waals surface area contributed by atoms with E-state index in [0.717, 1.165) is 0 Å². The molecule has 122 valence electrons. The molecule has 0 radical (unpaired) electrons. The van der Waals surface area contributed by atoms with Gasteiger partial charge in [-0.2, -0.15) is 0 Å². The molecule has 0 rings (SSSR count). The van der Waals surface area contributed by atoms with Crippen molar-refractivity contribution in [2.24, 2.45) is 17.3 Å². The molecule has 0 bridgehead atoms. The lowest BCUT2D eigenvalue weighted by Gasteiger charge is -2.21. The number of esters is 1. The number of ether oxygens (including phenoxy) is 1. The van der Waals surface area contributed by atoms with Gasteiger partial charge in [-0.05, 0) is 31.1 Å². The molecule has 0 spiro atoms. The van der Waals surface area contributed by atoms with Crippen LogP contribution in [0.25, 0.3) is 0 Å². The van der Waals surface area contributed by atoms with Crippen molar-refractivity contribution in [1.29, 1.82) is 0 Å². The molecule has 0 saturated heterocycles. The lowest BCUT2D eigenvalue weighted by molar-refractivity contribution is -0.138. The number of rotatable bonds is 7. The van der Waals surface area contributed by atoms with E-state index in [2.05, 4.69) is 19.2 Å². The minimum atomic E-state index is -0.288. The average Bonchev–Trinajstić information content (AvgIpc) is 2.31. The number of carbonyl (C=O) groups is 2. The SMILES string of the molecule is CCOC(=O)/C(C)=C/[C@@H](CNC(=O)CC(C)(C)C)C(C)C. The smallest absolute Gasteiger partial charge is 0.333 e. The monoisotopic (exact) mass is 297 g/mol. The first-order valence-corrected chi connectivity index (χ1v) is 7.69. The van der Waals surface area contributed by atoms with Gasteiger partial charge in [-0.15, -0.1) is 0 Å². The molecule has 0 aliphatic heterocycles. The Morgan fingerprint density at radius 2 is 1.81 bits per heavy atom. The summed E-state index contributed by atoms with van der Waals surface area (Å²) in [5.41, 5.74) is 0.578. The molecule has 0 unspecified atom stereocenters. The lowest BCUT2D eigenvalue weighted by atomic mass is 9.91. The van der Waals surface area contributed by atoms with E-state index >= 15 is 0 Å². The third-order valence-electron chi connectivity index (χ3n) is 3.14. The molecular weight excluding hydrogens is 266 g/mol. The maximum Gasteiger partial charge on any atom is 0.333 e. The molecule has 1 amide bonds. The van der Waals surface area contributed by atoms with Crippen LogP contribution in [0.2, 0.25) is 0 Å². The van der Waals surface area contributed by atoms with Crippen molar-refractivity contribution < 1.29 is 14.3 Å². The molecule has 21 heavy (non-hydrogen) atoms. The van der Waals surface area contributed by atoms with Gasteiger partial charge in [-0.3, -0.25) is 4.79 Å². The molecule has 4 nitrogen and oxygen atoms in total. The molecule has 0 aromatic rings. The third kappa shape index (κ3) is 9.27. The number of hydrogen-bond donors (Lipinski definition) is 1. The molecule has 1 N–H and O–H groups in total. The standard InChI is InChI=1S/C17H31NO3/c1-8-21-16(20)13(4)9-14(12(2)3)11-18-15(19)10-17(5,6)7/h9,12,14H,8,10-11H2,1-7H3,(H,18,19)/b13-9+/t14-/m0/s1. The number of hydrogen-bond acceptors (Lipinski definition) is 3. The Kier molecular flexibility index (Phi) is 8.30. The molecule has 0 aliphatic carbocycles. The van der Waals surface area contributed by atoms with Crippen molar-refractivity contribution in [3.8, 4) is 0 Å². The van der Waals surface area contributed by atoms with Gasteiger partial charge in [-0.1, -0.05) is 40.7 Å². The molecule has 0 fully saturated rings. The van der Waals surface area contributed by atoms with Crippen LogP contribution in [-0.2, 0) is 14.3 Å². The summed E-state index contributed by atoms with van der Waals surface area (Å²) in [5.74, 6) is 0.224. The van der Waals surface area contributed by atoms with Crippen molar-refractivity contribution >= 4 is 11.9 Å². The Labute approximate surface area is 129 Å². The summed E-state index contributed by atoms with van der Waals surface area (Å²) < 4.78 is 4.98. The van der Waals surface area contributed by atoms with Crippen LogP contribution in [0.3, 0.4) is 0 Å². The van der Waals surface area contributed by atoms with Crippen molar-refractivity contribution in [3.63, 3.8) is 0 Å². The molecule has 0 aromatic heterocycles. The number of nitrogens with one attached hydrogen (secondary N) is 1. The van der Waals surface area contributed by atoms with Crippen LogP contribution < -0.4 is 5.32 Å². The maximum atomic E-state index is 11.9. The Bertz CT molecular complexity index is 378. The van der Waals surface area contributed by atoms with Crippen LogP contribution in [0.15, 0.2) is 11.6 Å². The fourth-order valence-electron chi connectivity index (χ4n) is 1.90. The molecule has 0 heterocycles. The third-order valence-corrected chi connectivity index (χ3v) is 3.14. The predicted octanol–water partition coefficient (Wildman–Crippen LogP) is 3.32. The van der Waals surface area contributed by atoms with E-state index in [-0.39, 0.29) is 23.2 Å². The van der Waals surface area contributed by atoms with Gasteiger partial charge in [0.25, 0.3) is 0 Å². The fourth-order valence-corrected chi connectivity index (χ4v) is 1.90. The molecule has 1 atom stereocenters. The number of carbonyl (C=O) groups excluding carboxylic acids is 2. The zero-order chi connectivity index (χ0) is 16.6. The van der Waals surface area contributed by atoms with Gasteiger partial charge in [0.1, 0.15) is 0 Å². The second-order valence-corrected chi connectivity index (χ2v) is 7.02. The van der Waals surface area contributed by atoms with Gasteiger partial charge in [0.2, 0.25) is 5.91 Å². The molecule has 0 aliphatic rings. The van der Waals surface area contributed by atoms with E-state index in [0.29, 0.717) is 31.1 Å². The van der Waals surface area contributed by atoms with E-state index in [1.807, 2.05) is 26.8 Å². The summed E-state index contributed by atoms with van der Waals surface area (Å²) in [6.45, 7) is 14.7. The van der Waals surface area contributed by atoms with Crippen LogP contribution in [0.5, 0.6) is 0 Å². The molecule has 0 saturated carbocycles. The van der Waals surface area contributed by atoms with Gasteiger partial charge >= 0.3 is 5.97 Å². The van der Waals surface area contributed by atoms with Crippen molar-refractivity contribution in [3.05, 3.63) is 11.6 Å². The van der Waals surface area contributed by atoms with E-state index in [1.165, 1.54) is 0 Å². The Morgan fingerprint density at radius 3 is 2.24 bits per heavy atom. The minimum Gasteiger partial charge on any atom is -0.463 e. The molecule has 0 aromatic carbocycles. The van der Waals surface area contributed by atoms with Crippen molar-refractivity contribution in [2.45, 2.75) is 54.9 Å². The molecular formula is C17H31NO3. The summed E-state index contributed by atoms with van der Waals surface area (Å²) in [5, 5.41) is 2.96. The van der Waals surface area contributed by atoms with Gasteiger partial charge in [0, 0.05) is 18.5 Å². The zero-order valence-electron chi connectivity index (χ0n) is 14.6.